The first kappa shape index (κ1) is 19.7. The monoisotopic (exact) mass is 396 g/mol. The summed E-state index contributed by atoms with van der Waals surface area (Å²) in [5.41, 5.74) is 5.50. The third-order valence-electron chi connectivity index (χ3n) is 5.50. The first-order valence-corrected chi connectivity index (χ1v) is 10.5. The standard InChI is InChI=1S/C17H24N4O5S/c18-12-13-3-1-6-16(13)17(22)19-7-9-20(10-8-19)27(25,26)15-5-2-4-14(11-15)21(23)24/h2,4-5,11,13,16H,1,3,6-10,12,18H2/t13-,16-/m1/s1. The number of carbonyl (C=O) groups excluding carboxylic acids is 1. The summed E-state index contributed by atoms with van der Waals surface area (Å²) in [6.07, 6.45) is 2.81. The summed E-state index contributed by atoms with van der Waals surface area (Å²) >= 11 is 0. The molecule has 2 aliphatic rings. The number of carbonyl (C=O) groups is 1. The number of nitro groups is 1. The molecule has 27 heavy (non-hydrogen) atoms. The van der Waals surface area contributed by atoms with Crippen LogP contribution in [0.3, 0.4) is 0 Å². The van der Waals surface area contributed by atoms with Crippen LogP contribution in [0.2, 0.25) is 0 Å². The largest absolute Gasteiger partial charge is 0.340 e. The molecule has 1 amide bonds. The quantitative estimate of drug-likeness (QED) is 0.579. The molecule has 0 aromatic heterocycles. The van der Waals surface area contributed by atoms with Gasteiger partial charge in [0.05, 0.1) is 9.82 Å². The molecule has 1 aliphatic heterocycles. The molecular weight excluding hydrogens is 372 g/mol. The summed E-state index contributed by atoms with van der Waals surface area (Å²) in [6, 6.07) is 5.03. The number of nitrogens with two attached hydrogens (primary N) is 1. The minimum absolute atomic E-state index is 0.0602. The highest BCUT2D eigenvalue weighted by atomic mass is 32.2. The minimum Gasteiger partial charge on any atom is -0.340 e. The highest BCUT2D eigenvalue weighted by Crippen LogP contribution is 2.33. The van der Waals surface area contributed by atoms with E-state index in [0.29, 0.717) is 19.6 Å². The van der Waals surface area contributed by atoms with Gasteiger partial charge in [-0.3, -0.25) is 14.9 Å². The summed E-state index contributed by atoms with van der Waals surface area (Å²) in [6.45, 7) is 1.49. The SMILES string of the molecule is NC[C@H]1CCC[C@H]1C(=O)N1CCN(S(=O)(=O)c2cccc([N+](=O)[O-])c2)CC1. The highest BCUT2D eigenvalue weighted by Gasteiger charge is 2.37. The Bertz CT molecular complexity index is 820. The summed E-state index contributed by atoms with van der Waals surface area (Å²) in [4.78, 5) is 24.6. The zero-order chi connectivity index (χ0) is 19.6. The third kappa shape index (κ3) is 3.97. The second kappa shape index (κ2) is 7.91. The Kier molecular flexibility index (Phi) is 5.78. The molecule has 10 heteroatoms. The lowest BCUT2D eigenvalue weighted by atomic mass is 9.94. The molecular formula is C17H24N4O5S. The fourth-order valence-electron chi connectivity index (χ4n) is 3.93. The molecule has 1 saturated carbocycles. The molecule has 0 radical (unpaired) electrons. The molecule has 0 spiro atoms. The van der Waals surface area contributed by atoms with Crippen LogP contribution in [-0.4, -0.2) is 61.2 Å². The van der Waals surface area contributed by atoms with Crippen LogP contribution >= 0.6 is 0 Å². The van der Waals surface area contributed by atoms with Gasteiger partial charge in [0.1, 0.15) is 0 Å². The normalized spacial score (nSPS) is 24.1. The molecule has 0 bridgehead atoms. The van der Waals surface area contributed by atoms with E-state index in [0.717, 1.165) is 25.3 Å². The highest BCUT2D eigenvalue weighted by molar-refractivity contribution is 7.89. The average molecular weight is 396 g/mol. The number of piperazine rings is 1. The van der Waals surface area contributed by atoms with Gasteiger partial charge < -0.3 is 10.6 Å². The molecule has 148 valence electrons. The van der Waals surface area contributed by atoms with Crippen molar-refractivity contribution in [2.24, 2.45) is 17.6 Å². The van der Waals surface area contributed by atoms with Crippen molar-refractivity contribution in [2.45, 2.75) is 24.2 Å². The molecule has 3 rings (SSSR count). The Labute approximate surface area is 158 Å². The molecule has 2 N–H and O–H groups in total. The van der Waals surface area contributed by atoms with Crippen LogP contribution in [0.15, 0.2) is 29.2 Å². The zero-order valence-corrected chi connectivity index (χ0v) is 15.8. The summed E-state index contributed by atoms with van der Waals surface area (Å²) in [5, 5.41) is 10.9. The molecule has 1 heterocycles. The Hall–Kier alpha value is -2.04. The van der Waals surface area contributed by atoms with E-state index in [1.165, 1.54) is 22.5 Å². The average Bonchev–Trinajstić information content (AvgIpc) is 3.16. The fourth-order valence-corrected chi connectivity index (χ4v) is 5.40. The van der Waals surface area contributed by atoms with Crippen LogP contribution in [0, 0.1) is 22.0 Å². The van der Waals surface area contributed by atoms with Crippen molar-refractivity contribution in [3.05, 3.63) is 34.4 Å². The predicted molar refractivity (Wildman–Crippen MR) is 98.3 cm³/mol. The number of amides is 1. The predicted octanol–water partition coefficient (Wildman–Crippen LogP) is 0.803. The number of sulfonamides is 1. The van der Waals surface area contributed by atoms with Gasteiger partial charge in [-0.05, 0) is 31.4 Å². The van der Waals surface area contributed by atoms with Crippen molar-refractivity contribution >= 4 is 21.6 Å². The Morgan fingerprint density at radius 2 is 1.93 bits per heavy atom. The van der Waals surface area contributed by atoms with Crippen LogP contribution in [0.4, 0.5) is 5.69 Å². The number of benzene rings is 1. The van der Waals surface area contributed by atoms with Gasteiger partial charge in [0, 0.05) is 44.2 Å². The molecule has 1 aliphatic carbocycles. The number of hydrogen-bond donors (Lipinski definition) is 1. The summed E-state index contributed by atoms with van der Waals surface area (Å²) < 4.78 is 26.8. The number of hydrogen-bond acceptors (Lipinski definition) is 6. The smallest absolute Gasteiger partial charge is 0.270 e. The lowest BCUT2D eigenvalue weighted by molar-refractivity contribution is -0.385. The van der Waals surface area contributed by atoms with E-state index in [4.69, 9.17) is 5.73 Å². The van der Waals surface area contributed by atoms with Gasteiger partial charge in [0.25, 0.3) is 5.69 Å². The van der Waals surface area contributed by atoms with Gasteiger partial charge in [0.2, 0.25) is 15.9 Å². The second-order valence-corrected chi connectivity index (χ2v) is 8.95. The maximum Gasteiger partial charge on any atom is 0.270 e. The molecule has 0 unspecified atom stereocenters. The fraction of sp³-hybridized carbons (Fsp3) is 0.588. The molecule has 1 aromatic carbocycles. The van der Waals surface area contributed by atoms with Gasteiger partial charge >= 0.3 is 0 Å². The van der Waals surface area contributed by atoms with Crippen molar-refractivity contribution in [3.8, 4) is 0 Å². The van der Waals surface area contributed by atoms with E-state index in [9.17, 15) is 23.3 Å². The van der Waals surface area contributed by atoms with Crippen molar-refractivity contribution in [3.63, 3.8) is 0 Å². The summed E-state index contributed by atoms with van der Waals surface area (Å²) in [7, 11) is -3.83. The first-order chi connectivity index (χ1) is 12.8. The van der Waals surface area contributed by atoms with E-state index in [-0.39, 0.29) is 41.4 Å². The molecule has 2 atom stereocenters. The molecule has 9 nitrogen and oxygen atoms in total. The van der Waals surface area contributed by atoms with Gasteiger partial charge in [-0.15, -0.1) is 0 Å². The van der Waals surface area contributed by atoms with Crippen molar-refractivity contribution in [1.82, 2.24) is 9.21 Å². The van der Waals surface area contributed by atoms with Gasteiger partial charge in [-0.1, -0.05) is 12.5 Å². The maximum atomic E-state index is 12.8. The Morgan fingerprint density at radius 3 is 2.56 bits per heavy atom. The van der Waals surface area contributed by atoms with Crippen LogP contribution in [0.25, 0.3) is 0 Å². The number of non-ortho nitro benzene ring substituents is 1. The maximum absolute atomic E-state index is 12.8. The van der Waals surface area contributed by atoms with E-state index in [2.05, 4.69) is 0 Å². The van der Waals surface area contributed by atoms with E-state index < -0.39 is 14.9 Å². The van der Waals surface area contributed by atoms with Crippen molar-refractivity contribution in [1.29, 1.82) is 0 Å². The minimum atomic E-state index is -3.83. The van der Waals surface area contributed by atoms with Gasteiger partial charge in [-0.25, -0.2) is 8.42 Å². The molecule has 1 aromatic rings. The van der Waals surface area contributed by atoms with Crippen LogP contribution < -0.4 is 5.73 Å². The lowest BCUT2D eigenvalue weighted by Crippen LogP contribution is -2.52. The van der Waals surface area contributed by atoms with Crippen molar-refractivity contribution in [2.75, 3.05) is 32.7 Å². The number of nitro benzene ring substituents is 1. The number of rotatable bonds is 5. The van der Waals surface area contributed by atoms with E-state index in [1.807, 2.05) is 0 Å². The second-order valence-electron chi connectivity index (χ2n) is 7.02. The molecule has 2 fully saturated rings. The third-order valence-corrected chi connectivity index (χ3v) is 7.39. The van der Waals surface area contributed by atoms with Crippen LogP contribution in [-0.2, 0) is 14.8 Å². The van der Waals surface area contributed by atoms with E-state index >= 15 is 0 Å². The summed E-state index contributed by atoms with van der Waals surface area (Å²) in [5.74, 6) is 0.217. The number of nitrogens with zero attached hydrogens (tertiary/aromatic N) is 3. The Morgan fingerprint density at radius 1 is 1.22 bits per heavy atom. The van der Waals surface area contributed by atoms with Crippen LogP contribution in [0.5, 0.6) is 0 Å². The Balaban J connectivity index is 1.67. The van der Waals surface area contributed by atoms with Gasteiger partial charge in [-0.2, -0.15) is 4.31 Å². The van der Waals surface area contributed by atoms with Gasteiger partial charge in [0.15, 0.2) is 0 Å². The topological polar surface area (TPSA) is 127 Å². The van der Waals surface area contributed by atoms with E-state index in [1.54, 1.807) is 4.90 Å². The van der Waals surface area contributed by atoms with Crippen molar-refractivity contribution < 1.29 is 18.1 Å². The lowest BCUT2D eigenvalue weighted by Gasteiger charge is -2.36. The first-order valence-electron chi connectivity index (χ1n) is 9.08. The van der Waals surface area contributed by atoms with Crippen LogP contribution in [0.1, 0.15) is 19.3 Å². The zero-order valence-electron chi connectivity index (χ0n) is 15.0. The molecule has 1 saturated heterocycles.